The summed E-state index contributed by atoms with van der Waals surface area (Å²) in [5, 5.41) is 5.97. The maximum Gasteiger partial charge on any atom is 0.237 e. The number of amides is 2. The molecule has 0 bridgehead atoms. The highest BCUT2D eigenvalue weighted by molar-refractivity contribution is 5.85. The van der Waals surface area contributed by atoms with Gasteiger partial charge in [0.05, 0.1) is 6.04 Å². The number of rotatable bonds is 4. The van der Waals surface area contributed by atoms with E-state index in [2.05, 4.69) is 10.6 Å². The van der Waals surface area contributed by atoms with Gasteiger partial charge in [-0.25, -0.2) is 0 Å². The zero-order valence-corrected chi connectivity index (χ0v) is 11.4. The minimum absolute atomic E-state index is 0. The summed E-state index contributed by atoms with van der Waals surface area (Å²) in [7, 11) is 0. The normalized spacial score (nSPS) is 22.7. The quantitative estimate of drug-likeness (QED) is 0.775. The van der Waals surface area contributed by atoms with Crippen molar-refractivity contribution in [2.75, 3.05) is 26.2 Å². The molecule has 0 saturated carbocycles. The van der Waals surface area contributed by atoms with E-state index in [0.717, 1.165) is 45.3 Å². The van der Waals surface area contributed by atoms with Gasteiger partial charge in [0, 0.05) is 26.1 Å². The molecular weight excluding hydrogens is 254 g/mol. The molecule has 1 unspecified atom stereocenters. The van der Waals surface area contributed by atoms with Crippen molar-refractivity contribution in [1.29, 1.82) is 0 Å². The minimum atomic E-state index is -0.0445. The molecule has 1 atom stereocenters. The van der Waals surface area contributed by atoms with Gasteiger partial charge in [-0.05, 0) is 32.2 Å². The van der Waals surface area contributed by atoms with E-state index in [-0.39, 0.29) is 30.3 Å². The highest BCUT2D eigenvalue weighted by Crippen LogP contribution is 2.08. The van der Waals surface area contributed by atoms with Crippen molar-refractivity contribution < 1.29 is 9.59 Å². The fourth-order valence-corrected chi connectivity index (χ4v) is 2.45. The van der Waals surface area contributed by atoms with Crippen molar-refractivity contribution in [1.82, 2.24) is 15.5 Å². The first-order chi connectivity index (χ1) is 8.27. The van der Waals surface area contributed by atoms with Crippen LogP contribution in [-0.4, -0.2) is 48.9 Å². The summed E-state index contributed by atoms with van der Waals surface area (Å²) in [6.45, 7) is 3.16. The van der Waals surface area contributed by atoms with Crippen LogP contribution in [0, 0.1) is 0 Å². The molecule has 2 N–H and O–H groups in total. The third-order valence-electron chi connectivity index (χ3n) is 3.47. The highest BCUT2D eigenvalue weighted by atomic mass is 35.5. The minimum Gasteiger partial charge on any atom is -0.354 e. The molecular formula is C12H22ClN3O2. The monoisotopic (exact) mass is 275 g/mol. The van der Waals surface area contributed by atoms with Gasteiger partial charge < -0.3 is 15.5 Å². The molecule has 0 aromatic heterocycles. The Hall–Kier alpha value is -0.810. The van der Waals surface area contributed by atoms with E-state index in [1.54, 1.807) is 0 Å². The van der Waals surface area contributed by atoms with Gasteiger partial charge in [-0.3, -0.25) is 9.59 Å². The standard InChI is InChI=1S/C12H21N3O2.ClH/c16-11(15-8-1-2-9-15)5-7-14-12(17)10-4-3-6-13-10;/h10,13H,1-9H2,(H,14,17);1H. The highest BCUT2D eigenvalue weighted by Gasteiger charge is 2.22. The SMILES string of the molecule is Cl.O=C(NCCC(=O)N1CCCC1)C1CCCN1. The van der Waals surface area contributed by atoms with E-state index in [0.29, 0.717) is 13.0 Å². The first-order valence-electron chi connectivity index (χ1n) is 6.56. The Kier molecular flexibility index (Phi) is 6.43. The van der Waals surface area contributed by atoms with E-state index < -0.39 is 0 Å². The Labute approximate surface area is 114 Å². The number of nitrogens with zero attached hydrogens (tertiary/aromatic N) is 1. The van der Waals surface area contributed by atoms with E-state index in [1.807, 2.05) is 4.90 Å². The molecule has 0 radical (unpaired) electrons. The molecule has 2 rings (SSSR count). The molecule has 104 valence electrons. The lowest BCUT2D eigenvalue weighted by Gasteiger charge is -2.16. The van der Waals surface area contributed by atoms with Crippen LogP contribution in [0.1, 0.15) is 32.1 Å². The largest absolute Gasteiger partial charge is 0.354 e. The van der Waals surface area contributed by atoms with Crippen molar-refractivity contribution in [3.05, 3.63) is 0 Å². The maximum atomic E-state index is 11.7. The Morgan fingerprint density at radius 1 is 1.22 bits per heavy atom. The summed E-state index contributed by atoms with van der Waals surface area (Å²) < 4.78 is 0. The second-order valence-electron chi connectivity index (χ2n) is 4.78. The summed E-state index contributed by atoms with van der Waals surface area (Å²) in [6.07, 6.45) is 4.63. The van der Waals surface area contributed by atoms with Gasteiger partial charge in [0.15, 0.2) is 0 Å². The summed E-state index contributed by atoms with van der Waals surface area (Å²) in [6, 6.07) is -0.0445. The second-order valence-corrected chi connectivity index (χ2v) is 4.78. The molecule has 0 spiro atoms. The number of nitrogens with one attached hydrogen (secondary N) is 2. The van der Waals surface area contributed by atoms with E-state index in [1.165, 1.54) is 0 Å². The van der Waals surface area contributed by atoms with Gasteiger partial charge in [0.2, 0.25) is 11.8 Å². The first kappa shape index (κ1) is 15.2. The molecule has 0 aromatic carbocycles. The van der Waals surface area contributed by atoms with Crippen LogP contribution in [-0.2, 0) is 9.59 Å². The van der Waals surface area contributed by atoms with E-state index in [4.69, 9.17) is 0 Å². The van der Waals surface area contributed by atoms with Gasteiger partial charge in [-0.1, -0.05) is 0 Å². The predicted octanol–water partition coefficient (Wildman–Crippen LogP) is 0.289. The zero-order chi connectivity index (χ0) is 12.1. The van der Waals surface area contributed by atoms with E-state index in [9.17, 15) is 9.59 Å². The third kappa shape index (κ3) is 4.14. The van der Waals surface area contributed by atoms with Gasteiger partial charge in [0.1, 0.15) is 0 Å². The molecule has 0 aliphatic carbocycles. The average molecular weight is 276 g/mol. The molecule has 2 amide bonds. The topological polar surface area (TPSA) is 61.4 Å². The summed E-state index contributed by atoms with van der Waals surface area (Å²) in [4.78, 5) is 25.2. The van der Waals surface area contributed by atoms with Crippen molar-refractivity contribution in [3.63, 3.8) is 0 Å². The first-order valence-corrected chi connectivity index (χ1v) is 6.56. The average Bonchev–Trinajstić information content (AvgIpc) is 3.02. The summed E-state index contributed by atoms with van der Waals surface area (Å²) in [5.74, 6) is 0.207. The maximum absolute atomic E-state index is 11.7. The van der Waals surface area contributed by atoms with Gasteiger partial charge in [-0.2, -0.15) is 0 Å². The van der Waals surface area contributed by atoms with Crippen LogP contribution in [0.25, 0.3) is 0 Å². The number of carbonyl (C=O) groups is 2. The zero-order valence-electron chi connectivity index (χ0n) is 10.6. The van der Waals surface area contributed by atoms with Crippen LogP contribution in [0.15, 0.2) is 0 Å². The number of hydrogen-bond donors (Lipinski definition) is 2. The lowest BCUT2D eigenvalue weighted by atomic mass is 10.2. The van der Waals surface area contributed by atoms with Crippen molar-refractivity contribution in [2.45, 2.75) is 38.1 Å². The van der Waals surface area contributed by atoms with Gasteiger partial charge in [0.25, 0.3) is 0 Å². The van der Waals surface area contributed by atoms with Crippen LogP contribution >= 0.6 is 12.4 Å². The van der Waals surface area contributed by atoms with Crippen molar-refractivity contribution in [2.24, 2.45) is 0 Å². The number of carbonyl (C=O) groups excluding carboxylic acids is 2. The fourth-order valence-electron chi connectivity index (χ4n) is 2.45. The molecule has 2 aliphatic heterocycles. The van der Waals surface area contributed by atoms with Crippen molar-refractivity contribution in [3.8, 4) is 0 Å². The predicted molar refractivity (Wildman–Crippen MR) is 71.7 cm³/mol. The Morgan fingerprint density at radius 2 is 1.94 bits per heavy atom. The smallest absolute Gasteiger partial charge is 0.237 e. The molecule has 6 heteroatoms. The van der Waals surface area contributed by atoms with Crippen molar-refractivity contribution >= 4 is 24.2 Å². The van der Waals surface area contributed by atoms with Crippen LogP contribution in [0.2, 0.25) is 0 Å². The third-order valence-corrected chi connectivity index (χ3v) is 3.47. The van der Waals surface area contributed by atoms with Crippen LogP contribution in [0.4, 0.5) is 0 Å². The number of halogens is 1. The molecule has 0 aromatic rings. The van der Waals surface area contributed by atoms with Crippen LogP contribution < -0.4 is 10.6 Å². The molecule has 5 nitrogen and oxygen atoms in total. The Balaban J connectivity index is 0.00000162. The lowest BCUT2D eigenvalue weighted by molar-refractivity contribution is -0.130. The second kappa shape index (κ2) is 7.59. The molecule has 2 saturated heterocycles. The number of likely N-dealkylation sites (tertiary alicyclic amines) is 1. The molecule has 2 aliphatic rings. The fraction of sp³-hybridized carbons (Fsp3) is 0.833. The Morgan fingerprint density at radius 3 is 2.56 bits per heavy atom. The lowest BCUT2D eigenvalue weighted by Crippen LogP contribution is -2.41. The van der Waals surface area contributed by atoms with Crippen LogP contribution in [0.5, 0.6) is 0 Å². The van der Waals surface area contributed by atoms with Crippen LogP contribution in [0.3, 0.4) is 0 Å². The van der Waals surface area contributed by atoms with Gasteiger partial charge >= 0.3 is 0 Å². The summed E-state index contributed by atoms with van der Waals surface area (Å²) in [5.41, 5.74) is 0. The van der Waals surface area contributed by atoms with E-state index >= 15 is 0 Å². The molecule has 18 heavy (non-hydrogen) atoms. The molecule has 2 heterocycles. The van der Waals surface area contributed by atoms with Gasteiger partial charge in [-0.15, -0.1) is 12.4 Å². The Bertz CT molecular complexity index is 259. The summed E-state index contributed by atoms with van der Waals surface area (Å²) >= 11 is 0. The molecule has 2 fully saturated rings. The number of hydrogen-bond acceptors (Lipinski definition) is 3.